The first-order valence-corrected chi connectivity index (χ1v) is 10.6. The van der Waals surface area contributed by atoms with E-state index in [0.29, 0.717) is 17.2 Å². The number of nitrogens with zero attached hydrogens (tertiary/aromatic N) is 3. The number of hydrazine groups is 1. The minimum Gasteiger partial charge on any atom is -0.271 e. The molecule has 1 N–H and O–H groups in total. The van der Waals surface area contributed by atoms with Crippen molar-refractivity contribution in [3.05, 3.63) is 64.9 Å². The van der Waals surface area contributed by atoms with E-state index in [0.717, 1.165) is 31.2 Å². The van der Waals surface area contributed by atoms with Gasteiger partial charge in [0.25, 0.3) is 11.8 Å². The van der Waals surface area contributed by atoms with Gasteiger partial charge in [0.1, 0.15) is 4.83 Å². The molecule has 0 radical (unpaired) electrons. The summed E-state index contributed by atoms with van der Waals surface area (Å²) in [5.74, 6) is 0.177. The summed E-state index contributed by atoms with van der Waals surface area (Å²) in [5.41, 5.74) is 5.18. The Balaban J connectivity index is 0.00000218. The Hall–Kier alpha value is -3.07. The molecule has 4 heterocycles. The number of benzene rings is 1. The molecule has 9 heteroatoms. The second-order valence-corrected chi connectivity index (χ2v) is 8.29. The Morgan fingerprint density at radius 2 is 1.80 bits per heavy atom. The Labute approximate surface area is 186 Å². The summed E-state index contributed by atoms with van der Waals surface area (Å²) < 4.78 is 0. The third kappa shape index (κ3) is 3.39. The van der Waals surface area contributed by atoms with Gasteiger partial charge in [-0.1, -0.05) is 36.4 Å². The largest absolute Gasteiger partial charge is 0.275 e. The van der Waals surface area contributed by atoms with Gasteiger partial charge in [0.15, 0.2) is 11.6 Å². The second kappa shape index (κ2) is 7.98. The summed E-state index contributed by atoms with van der Waals surface area (Å²) in [6, 6.07) is 13.6. The topological polar surface area (TPSA) is 75.2 Å². The third-order valence-electron chi connectivity index (χ3n) is 4.57. The molecule has 0 fully saturated rings. The van der Waals surface area contributed by atoms with E-state index in [1.807, 2.05) is 53.2 Å². The van der Waals surface area contributed by atoms with Gasteiger partial charge in [-0.05, 0) is 18.4 Å². The normalized spacial score (nSPS) is 13.5. The van der Waals surface area contributed by atoms with Crippen molar-refractivity contribution in [1.82, 2.24) is 15.0 Å². The maximum atomic E-state index is 12.4. The molecule has 0 unspecified atom stereocenters. The van der Waals surface area contributed by atoms with Crippen LogP contribution >= 0.6 is 35.1 Å². The highest BCUT2D eigenvalue weighted by Crippen LogP contribution is 2.40. The van der Waals surface area contributed by atoms with Crippen LogP contribution in [0.1, 0.15) is 6.92 Å². The first-order chi connectivity index (χ1) is 14.1. The maximum Gasteiger partial charge on any atom is 0.275 e. The summed E-state index contributed by atoms with van der Waals surface area (Å²) in [6.07, 6.45) is 1.32. The molecule has 5 rings (SSSR count). The number of fused-ring (bicyclic) bond motifs is 1. The van der Waals surface area contributed by atoms with E-state index in [9.17, 15) is 9.59 Å². The van der Waals surface area contributed by atoms with E-state index in [4.69, 9.17) is 9.97 Å². The van der Waals surface area contributed by atoms with Crippen LogP contribution in [0, 0.1) is 0 Å². The van der Waals surface area contributed by atoms with Gasteiger partial charge in [-0.2, -0.15) is 5.01 Å². The zero-order valence-corrected chi connectivity index (χ0v) is 18.1. The molecule has 1 aliphatic rings. The van der Waals surface area contributed by atoms with E-state index in [2.05, 4.69) is 5.43 Å². The summed E-state index contributed by atoms with van der Waals surface area (Å²) in [7, 11) is 0. The quantitative estimate of drug-likeness (QED) is 0.431. The van der Waals surface area contributed by atoms with Crippen molar-refractivity contribution in [3.63, 3.8) is 0 Å². The van der Waals surface area contributed by atoms with Crippen molar-refractivity contribution >= 4 is 62.9 Å². The number of rotatable bonds is 4. The lowest BCUT2D eigenvalue weighted by Gasteiger charge is -2.18. The van der Waals surface area contributed by atoms with E-state index < -0.39 is 5.91 Å². The molecule has 0 aliphatic carbocycles. The number of carbonyl (C=O) groups excluding carboxylic acids is 2. The molecule has 150 valence electrons. The van der Waals surface area contributed by atoms with E-state index in [1.54, 1.807) is 18.3 Å². The SMILES string of the molecule is CC1=CC(=O)N(Nc2nc(-c3ccccc3)nc3scc(-c4cccs4)c23)C1=O.Cl. The van der Waals surface area contributed by atoms with Crippen molar-refractivity contribution in [1.29, 1.82) is 0 Å². The van der Waals surface area contributed by atoms with Gasteiger partial charge in [-0.3, -0.25) is 15.0 Å². The van der Waals surface area contributed by atoms with E-state index >= 15 is 0 Å². The lowest BCUT2D eigenvalue weighted by atomic mass is 10.1. The predicted molar refractivity (Wildman–Crippen MR) is 123 cm³/mol. The van der Waals surface area contributed by atoms with Crippen LogP contribution in [-0.2, 0) is 9.59 Å². The van der Waals surface area contributed by atoms with Crippen LogP contribution in [0.4, 0.5) is 5.82 Å². The molecule has 0 spiro atoms. The molecule has 0 saturated heterocycles. The molecular formula is C21H15ClN4O2S2. The van der Waals surface area contributed by atoms with Gasteiger partial charge in [0, 0.05) is 33.0 Å². The van der Waals surface area contributed by atoms with Crippen molar-refractivity contribution in [3.8, 4) is 21.8 Å². The molecule has 0 saturated carbocycles. The Morgan fingerprint density at radius 1 is 1.00 bits per heavy atom. The number of thiophene rings is 2. The number of carbonyl (C=O) groups is 2. The van der Waals surface area contributed by atoms with Crippen LogP contribution < -0.4 is 5.43 Å². The molecule has 0 bridgehead atoms. The minimum atomic E-state index is -0.409. The predicted octanol–water partition coefficient (Wildman–Crippen LogP) is 5.15. The van der Waals surface area contributed by atoms with Crippen molar-refractivity contribution in [2.24, 2.45) is 0 Å². The number of amides is 2. The molecule has 2 amide bonds. The first-order valence-electron chi connectivity index (χ1n) is 8.84. The zero-order valence-electron chi connectivity index (χ0n) is 15.7. The lowest BCUT2D eigenvalue weighted by Crippen LogP contribution is -2.36. The third-order valence-corrected chi connectivity index (χ3v) is 6.35. The number of anilines is 1. The molecule has 1 aliphatic heterocycles. The van der Waals surface area contributed by atoms with Gasteiger partial charge >= 0.3 is 0 Å². The molecule has 0 atom stereocenters. The van der Waals surface area contributed by atoms with E-state index in [-0.39, 0.29) is 18.3 Å². The number of imide groups is 1. The Kier molecular flexibility index (Phi) is 5.38. The fraction of sp³-hybridized carbons (Fsp3) is 0.0476. The van der Waals surface area contributed by atoms with Crippen molar-refractivity contribution < 1.29 is 9.59 Å². The monoisotopic (exact) mass is 454 g/mol. The standard InChI is InChI=1S/C21H14N4O2S2.ClH/c1-12-10-16(26)25(21(12)27)24-19-17-14(15-8-5-9-28-15)11-29-20(17)23-18(22-19)13-6-3-2-4-7-13;/h2-11H,1H3,(H,22,23,24);1H. The van der Waals surface area contributed by atoms with Gasteiger partial charge in [0.2, 0.25) is 0 Å². The van der Waals surface area contributed by atoms with Crippen LogP contribution in [0.2, 0.25) is 0 Å². The summed E-state index contributed by atoms with van der Waals surface area (Å²) in [5, 5.41) is 5.83. The van der Waals surface area contributed by atoms with Gasteiger partial charge in [-0.25, -0.2) is 9.97 Å². The molecule has 30 heavy (non-hydrogen) atoms. The smallest absolute Gasteiger partial charge is 0.271 e. The lowest BCUT2D eigenvalue weighted by molar-refractivity contribution is -0.135. The zero-order chi connectivity index (χ0) is 20.0. The maximum absolute atomic E-state index is 12.4. The van der Waals surface area contributed by atoms with Crippen LogP contribution in [-0.4, -0.2) is 26.8 Å². The Morgan fingerprint density at radius 3 is 2.47 bits per heavy atom. The summed E-state index contributed by atoms with van der Waals surface area (Å²) in [6.45, 7) is 1.62. The van der Waals surface area contributed by atoms with Gasteiger partial charge in [0.05, 0.1) is 5.39 Å². The Bertz CT molecular complexity index is 1280. The van der Waals surface area contributed by atoms with Gasteiger partial charge in [-0.15, -0.1) is 35.1 Å². The van der Waals surface area contributed by atoms with Crippen molar-refractivity contribution in [2.45, 2.75) is 6.92 Å². The molecule has 3 aromatic heterocycles. The highest BCUT2D eigenvalue weighted by Gasteiger charge is 2.30. The molecular weight excluding hydrogens is 440 g/mol. The molecule has 4 aromatic rings. The number of nitrogens with one attached hydrogen (secondary N) is 1. The average Bonchev–Trinajstić information content (AvgIpc) is 3.45. The number of hydrogen-bond donors (Lipinski definition) is 1. The fourth-order valence-electron chi connectivity index (χ4n) is 3.15. The highest BCUT2D eigenvalue weighted by atomic mass is 35.5. The minimum absolute atomic E-state index is 0. The van der Waals surface area contributed by atoms with Crippen molar-refractivity contribution in [2.75, 3.05) is 5.43 Å². The van der Waals surface area contributed by atoms with Gasteiger partial charge < -0.3 is 0 Å². The summed E-state index contributed by atoms with van der Waals surface area (Å²) in [4.78, 5) is 36.0. The van der Waals surface area contributed by atoms with E-state index in [1.165, 1.54) is 17.4 Å². The fourth-order valence-corrected chi connectivity index (χ4v) is 4.91. The van der Waals surface area contributed by atoms with Crippen LogP contribution in [0.3, 0.4) is 0 Å². The van der Waals surface area contributed by atoms with Crippen LogP contribution in [0.5, 0.6) is 0 Å². The molecule has 6 nitrogen and oxygen atoms in total. The average molecular weight is 455 g/mol. The number of hydrogen-bond acceptors (Lipinski definition) is 7. The van der Waals surface area contributed by atoms with Crippen LogP contribution in [0.15, 0.2) is 64.9 Å². The number of aromatic nitrogens is 2. The summed E-state index contributed by atoms with van der Waals surface area (Å²) >= 11 is 3.12. The van der Waals surface area contributed by atoms with Crippen LogP contribution in [0.25, 0.3) is 32.0 Å². The highest BCUT2D eigenvalue weighted by molar-refractivity contribution is 7.18. The second-order valence-electron chi connectivity index (χ2n) is 6.49. The first kappa shape index (κ1) is 20.2. The number of halogens is 1. The molecule has 1 aromatic carbocycles.